The topological polar surface area (TPSA) is 77.8 Å². The first-order chi connectivity index (χ1) is 27.2. The summed E-state index contributed by atoms with van der Waals surface area (Å²) < 4.78 is 15.4. The standard InChI is InChI=1S/C48H26N4O2S/c1-2-10-29(11-3-1)48-49-37-22-24-40-42(44(37)54-48)41-36-26-32(20-18-28(36)21-23-39(41)55-40)46-50-45(31-19-17-27-9-4-5-12-30(27)25-31)51-47(52-46)35-15-8-14-34-33-13-6-7-16-38(33)53-43(34)35/h1-26H. The Bertz CT molecular complexity index is 3510. The smallest absolute Gasteiger partial charge is 0.227 e. The van der Waals surface area contributed by atoms with Crippen LogP contribution in [0, 0.1) is 0 Å². The maximum atomic E-state index is 6.57. The summed E-state index contributed by atoms with van der Waals surface area (Å²) in [5.41, 5.74) is 6.76. The molecule has 0 aliphatic carbocycles. The Kier molecular flexibility index (Phi) is 6.40. The molecule has 0 N–H and O–H groups in total. The van der Waals surface area contributed by atoms with Gasteiger partial charge in [0, 0.05) is 47.6 Å². The number of furan rings is 1. The van der Waals surface area contributed by atoms with E-state index < -0.39 is 0 Å². The van der Waals surface area contributed by atoms with Crippen molar-refractivity contribution in [3.8, 4) is 45.6 Å². The highest BCUT2D eigenvalue weighted by molar-refractivity contribution is 7.26. The van der Waals surface area contributed by atoms with Crippen LogP contribution in [-0.4, -0.2) is 19.9 Å². The fraction of sp³-hybridized carbons (Fsp3) is 0. The lowest BCUT2D eigenvalue weighted by atomic mass is 10.0. The number of hydrogen-bond acceptors (Lipinski definition) is 7. The zero-order chi connectivity index (χ0) is 36.0. The second kappa shape index (κ2) is 11.6. The average molecular weight is 723 g/mol. The molecule has 0 spiro atoms. The molecule has 6 nitrogen and oxygen atoms in total. The Balaban J connectivity index is 1.10. The molecule has 0 aliphatic heterocycles. The van der Waals surface area contributed by atoms with Crippen molar-refractivity contribution in [1.29, 1.82) is 0 Å². The number of hydrogen-bond donors (Lipinski definition) is 0. The van der Waals surface area contributed by atoms with Gasteiger partial charge in [0.15, 0.2) is 23.1 Å². The summed E-state index contributed by atoms with van der Waals surface area (Å²) in [7, 11) is 0. The van der Waals surface area contributed by atoms with Crippen molar-refractivity contribution < 1.29 is 8.83 Å². The van der Waals surface area contributed by atoms with Crippen molar-refractivity contribution in [2.45, 2.75) is 0 Å². The predicted octanol–water partition coefficient (Wildman–Crippen LogP) is 13.3. The van der Waals surface area contributed by atoms with E-state index in [1.54, 1.807) is 11.3 Å². The van der Waals surface area contributed by atoms with Gasteiger partial charge in [-0.05, 0) is 76.1 Å². The normalized spacial score (nSPS) is 12.0. The summed E-state index contributed by atoms with van der Waals surface area (Å²) >= 11 is 1.76. The molecule has 4 heterocycles. The largest absolute Gasteiger partial charge is 0.455 e. The Labute approximate surface area is 317 Å². The van der Waals surface area contributed by atoms with E-state index in [4.69, 9.17) is 28.8 Å². The highest BCUT2D eigenvalue weighted by Crippen LogP contribution is 2.44. The van der Waals surface area contributed by atoms with Gasteiger partial charge in [-0.1, -0.05) is 103 Å². The van der Waals surface area contributed by atoms with E-state index in [1.807, 2.05) is 60.7 Å². The molecule has 0 aliphatic rings. The molecular weight excluding hydrogens is 697 g/mol. The first kappa shape index (κ1) is 30.3. The number of rotatable bonds is 4. The molecule has 0 saturated heterocycles. The molecule has 0 unspecified atom stereocenters. The lowest BCUT2D eigenvalue weighted by molar-refractivity contribution is 0.623. The van der Waals surface area contributed by atoms with Crippen molar-refractivity contribution in [2.75, 3.05) is 0 Å². The summed E-state index contributed by atoms with van der Waals surface area (Å²) in [5.74, 6) is 2.33. The third-order valence-corrected chi connectivity index (χ3v) is 11.7. The van der Waals surface area contributed by atoms with Crippen LogP contribution in [0.25, 0.3) is 120 Å². The zero-order valence-electron chi connectivity index (χ0n) is 29.0. The fourth-order valence-electron chi connectivity index (χ4n) is 7.91. The molecule has 0 fully saturated rings. The van der Waals surface area contributed by atoms with Gasteiger partial charge < -0.3 is 8.83 Å². The van der Waals surface area contributed by atoms with E-state index in [2.05, 4.69) is 97.1 Å². The molecule has 55 heavy (non-hydrogen) atoms. The molecule has 7 heteroatoms. The van der Waals surface area contributed by atoms with Crippen molar-refractivity contribution in [1.82, 2.24) is 19.9 Å². The Morgan fingerprint density at radius 3 is 1.98 bits per heavy atom. The molecule has 8 aromatic carbocycles. The van der Waals surface area contributed by atoms with Gasteiger partial charge in [-0.2, -0.15) is 0 Å². The number of nitrogens with zero attached hydrogens (tertiary/aromatic N) is 4. The minimum atomic E-state index is 0.550. The van der Waals surface area contributed by atoms with Gasteiger partial charge in [0.1, 0.15) is 16.7 Å². The van der Waals surface area contributed by atoms with E-state index in [1.165, 1.54) is 4.70 Å². The number of thiophene rings is 1. The summed E-state index contributed by atoms with van der Waals surface area (Å²) in [6.45, 7) is 0. The minimum absolute atomic E-state index is 0.550. The molecule has 0 saturated carbocycles. The third-order valence-electron chi connectivity index (χ3n) is 10.5. The molecule has 12 aromatic rings. The highest BCUT2D eigenvalue weighted by Gasteiger charge is 2.20. The van der Waals surface area contributed by atoms with Crippen LogP contribution < -0.4 is 0 Å². The fourth-order valence-corrected chi connectivity index (χ4v) is 9.03. The van der Waals surface area contributed by atoms with E-state index in [0.717, 1.165) is 92.3 Å². The van der Waals surface area contributed by atoms with Crippen LogP contribution in [0.5, 0.6) is 0 Å². The van der Waals surface area contributed by atoms with E-state index in [-0.39, 0.29) is 0 Å². The van der Waals surface area contributed by atoms with Gasteiger partial charge in [0.25, 0.3) is 0 Å². The molecule has 0 amide bonds. The van der Waals surface area contributed by atoms with Crippen molar-refractivity contribution in [2.24, 2.45) is 0 Å². The monoisotopic (exact) mass is 722 g/mol. The van der Waals surface area contributed by atoms with Gasteiger partial charge in [-0.3, -0.25) is 0 Å². The lowest BCUT2D eigenvalue weighted by Gasteiger charge is -2.10. The number of oxazole rings is 1. The number of fused-ring (bicyclic) bond motifs is 11. The molecule has 0 atom stereocenters. The lowest BCUT2D eigenvalue weighted by Crippen LogP contribution is -2.00. The summed E-state index contributed by atoms with van der Waals surface area (Å²) in [4.78, 5) is 20.4. The molecule has 4 aromatic heterocycles. The number of para-hydroxylation sites is 2. The van der Waals surface area contributed by atoms with Crippen LogP contribution in [0.2, 0.25) is 0 Å². The second-order valence-corrected chi connectivity index (χ2v) is 14.9. The van der Waals surface area contributed by atoms with Crippen LogP contribution in [0.15, 0.2) is 167 Å². The molecular formula is C48H26N4O2S. The predicted molar refractivity (Wildman–Crippen MR) is 224 cm³/mol. The van der Waals surface area contributed by atoms with Gasteiger partial charge in [-0.25, -0.2) is 19.9 Å². The number of aromatic nitrogens is 4. The maximum absolute atomic E-state index is 6.57. The molecule has 12 rings (SSSR count). The number of benzene rings is 8. The van der Waals surface area contributed by atoms with Gasteiger partial charge >= 0.3 is 0 Å². The quantitative estimate of drug-likeness (QED) is 0.180. The summed E-state index contributed by atoms with van der Waals surface area (Å²) in [6.07, 6.45) is 0. The first-order valence-corrected chi connectivity index (χ1v) is 18.9. The second-order valence-electron chi connectivity index (χ2n) is 13.8. The SMILES string of the molecule is c1ccc(-c2nc3ccc4sc5ccc6ccc(-c7nc(-c8ccc9ccccc9c8)nc(-c8cccc9c8oc8ccccc89)n7)cc6c5c4c3o2)cc1. The van der Waals surface area contributed by atoms with E-state index in [0.29, 0.717) is 23.4 Å². The van der Waals surface area contributed by atoms with Crippen molar-refractivity contribution in [3.63, 3.8) is 0 Å². The van der Waals surface area contributed by atoms with Crippen molar-refractivity contribution >= 4 is 86.1 Å². The van der Waals surface area contributed by atoms with E-state index in [9.17, 15) is 0 Å². The summed E-state index contributed by atoms with van der Waals surface area (Å²) in [5, 5.41) is 8.78. The minimum Gasteiger partial charge on any atom is -0.455 e. The Morgan fingerprint density at radius 2 is 1.09 bits per heavy atom. The first-order valence-electron chi connectivity index (χ1n) is 18.1. The Hall–Kier alpha value is -7.22. The van der Waals surface area contributed by atoms with Crippen LogP contribution in [0.4, 0.5) is 0 Å². The molecule has 0 radical (unpaired) electrons. The van der Waals surface area contributed by atoms with Gasteiger partial charge in [0.05, 0.1) is 5.56 Å². The molecule has 0 bridgehead atoms. The maximum Gasteiger partial charge on any atom is 0.227 e. The highest BCUT2D eigenvalue weighted by atomic mass is 32.1. The molecule has 256 valence electrons. The third kappa shape index (κ3) is 4.73. The average Bonchev–Trinajstić information content (AvgIpc) is 3.97. The Morgan fingerprint density at radius 1 is 0.400 bits per heavy atom. The van der Waals surface area contributed by atoms with Crippen LogP contribution in [-0.2, 0) is 0 Å². The van der Waals surface area contributed by atoms with Crippen molar-refractivity contribution in [3.05, 3.63) is 158 Å². The zero-order valence-corrected chi connectivity index (χ0v) is 29.8. The summed E-state index contributed by atoms with van der Waals surface area (Å²) in [6, 6.07) is 54.1. The van der Waals surface area contributed by atoms with Gasteiger partial charge in [-0.15, -0.1) is 11.3 Å². The van der Waals surface area contributed by atoms with Gasteiger partial charge in [0.2, 0.25) is 5.89 Å². The van der Waals surface area contributed by atoms with Crippen LogP contribution >= 0.6 is 11.3 Å². The van der Waals surface area contributed by atoms with E-state index >= 15 is 0 Å². The van der Waals surface area contributed by atoms with Crippen LogP contribution in [0.1, 0.15) is 0 Å². The van der Waals surface area contributed by atoms with Crippen LogP contribution in [0.3, 0.4) is 0 Å².